The van der Waals surface area contributed by atoms with E-state index in [0.29, 0.717) is 44.3 Å². The second-order valence-electron chi connectivity index (χ2n) is 7.67. The predicted octanol–water partition coefficient (Wildman–Crippen LogP) is 3.54. The van der Waals surface area contributed by atoms with Gasteiger partial charge in [0.1, 0.15) is 0 Å². The summed E-state index contributed by atoms with van der Waals surface area (Å²) in [5.41, 5.74) is 1.22. The van der Waals surface area contributed by atoms with E-state index < -0.39 is 20.5 Å². The summed E-state index contributed by atoms with van der Waals surface area (Å²) in [6.45, 7) is 0.655. The summed E-state index contributed by atoms with van der Waals surface area (Å²) in [6.07, 6.45) is 3.34. The van der Waals surface area contributed by atoms with Crippen molar-refractivity contribution in [3.8, 4) is 0 Å². The van der Waals surface area contributed by atoms with Gasteiger partial charge in [-0.15, -0.1) is 0 Å². The van der Waals surface area contributed by atoms with E-state index in [0.717, 1.165) is 12.1 Å². The fourth-order valence-corrected chi connectivity index (χ4v) is 6.39. The Morgan fingerprint density at radius 2 is 1.69 bits per heavy atom. The van der Waals surface area contributed by atoms with Crippen LogP contribution in [0.2, 0.25) is 0 Å². The summed E-state index contributed by atoms with van der Waals surface area (Å²) in [6, 6.07) is 15.2. The molecular weight excluding hydrogens is 388 g/mol. The molecule has 0 unspecified atom stereocenters. The summed E-state index contributed by atoms with van der Waals surface area (Å²) in [7, 11) is -3.83. The second kappa shape index (κ2) is 7.63. The molecule has 2 aliphatic rings. The molecule has 152 valence electrons. The van der Waals surface area contributed by atoms with E-state index >= 15 is 0 Å². The molecule has 1 saturated heterocycles. The van der Waals surface area contributed by atoms with Gasteiger partial charge in [0.25, 0.3) is 0 Å². The number of amides is 2. The van der Waals surface area contributed by atoms with Crippen LogP contribution < -0.4 is 10.2 Å². The van der Waals surface area contributed by atoms with Crippen molar-refractivity contribution in [1.29, 1.82) is 0 Å². The number of carbonyl (C=O) groups is 2. The fraction of sp³-hybridized carbons (Fsp3) is 0.364. The molecule has 2 amide bonds. The predicted molar refractivity (Wildman–Crippen MR) is 111 cm³/mol. The highest BCUT2D eigenvalue weighted by atomic mass is 32.2. The van der Waals surface area contributed by atoms with Crippen LogP contribution in [-0.4, -0.2) is 31.5 Å². The molecule has 1 saturated carbocycles. The second-order valence-corrected chi connectivity index (χ2v) is 9.93. The highest BCUT2D eigenvalue weighted by Crippen LogP contribution is 2.41. The Balaban J connectivity index is 1.63. The minimum atomic E-state index is -3.83. The highest BCUT2D eigenvalue weighted by Gasteiger charge is 2.52. The molecule has 2 aromatic rings. The topological polar surface area (TPSA) is 83.6 Å². The zero-order valence-electron chi connectivity index (χ0n) is 16.1. The van der Waals surface area contributed by atoms with Gasteiger partial charge in [0.15, 0.2) is 14.6 Å². The van der Waals surface area contributed by atoms with Crippen LogP contribution in [0, 0.1) is 0 Å². The molecule has 0 radical (unpaired) electrons. The van der Waals surface area contributed by atoms with Crippen molar-refractivity contribution in [1.82, 2.24) is 0 Å². The molecule has 7 heteroatoms. The number of sulfone groups is 1. The van der Waals surface area contributed by atoms with E-state index in [2.05, 4.69) is 5.32 Å². The normalized spacial score (nSPS) is 18.8. The molecule has 2 fully saturated rings. The summed E-state index contributed by atoms with van der Waals surface area (Å²) in [5.74, 6) is -0.434. The Kier molecular flexibility index (Phi) is 5.17. The number of anilines is 2. The number of hydrogen-bond donors (Lipinski definition) is 1. The van der Waals surface area contributed by atoms with Crippen LogP contribution >= 0.6 is 0 Å². The zero-order valence-corrected chi connectivity index (χ0v) is 17.0. The highest BCUT2D eigenvalue weighted by molar-refractivity contribution is 7.93. The summed E-state index contributed by atoms with van der Waals surface area (Å²) >= 11 is 0. The van der Waals surface area contributed by atoms with E-state index in [4.69, 9.17) is 0 Å². The lowest BCUT2D eigenvalue weighted by atomic mass is 10.1. The lowest BCUT2D eigenvalue weighted by molar-refractivity contribution is -0.118. The van der Waals surface area contributed by atoms with Crippen LogP contribution in [0.4, 0.5) is 11.4 Å². The molecule has 6 nitrogen and oxygen atoms in total. The van der Waals surface area contributed by atoms with Gasteiger partial charge in [-0.25, -0.2) is 8.42 Å². The third-order valence-corrected chi connectivity index (χ3v) is 8.40. The molecule has 29 heavy (non-hydrogen) atoms. The molecular formula is C22H24N2O4S. The molecule has 0 aromatic heterocycles. The quantitative estimate of drug-likeness (QED) is 0.814. The lowest BCUT2D eigenvalue weighted by Gasteiger charge is -2.28. The summed E-state index contributed by atoms with van der Waals surface area (Å²) < 4.78 is 25.3. The maximum atomic E-state index is 13.4. The maximum Gasteiger partial charge on any atom is 0.246 e. The van der Waals surface area contributed by atoms with Crippen molar-refractivity contribution in [2.45, 2.75) is 48.2 Å². The fourth-order valence-electron chi connectivity index (χ4n) is 4.31. The molecule has 0 spiro atoms. The lowest BCUT2D eigenvalue weighted by Crippen LogP contribution is -2.47. The van der Waals surface area contributed by atoms with Crippen LogP contribution in [-0.2, 0) is 19.4 Å². The van der Waals surface area contributed by atoms with Crippen LogP contribution in [0.25, 0.3) is 0 Å². The summed E-state index contributed by atoms with van der Waals surface area (Å²) in [4.78, 5) is 27.2. The zero-order chi connectivity index (χ0) is 20.5. The van der Waals surface area contributed by atoms with Crippen LogP contribution in [0.5, 0.6) is 0 Å². The van der Waals surface area contributed by atoms with Gasteiger partial charge in [0.05, 0.1) is 4.90 Å². The summed E-state index contributed by atoms with van der Waals surface area (Å²) in [5, 5.41) is 2.82. The largest absolute Gasteiger partial charge is 0.325 e. The van der Waals surface area contributed by atoms with Gasteiger partial charge in [0, 0.05) is 24.3 Å². The van der Waals surface area contributed by atoms with Gasteiger partial charge in [-0.05, 0) is 49.6 Å². The van der Waals surface area contributed by atoms with Crippen molar-refractivity contribution in [2.24, 2.45) is 0 Å². The first-order valence-electron chi connectivity index (χ1n) is 9.96. The number of nitrogens with one attached hydrogen (secondary N) is 1. The van der Waals surface area contributed by atoms with Crippen molar-refractivity contribution in [3.63, 3.8) is 0 Å². The monoisotopic (exact) mass is 412 g/mol. The Morgan fingerprint density at radius 3 is 2.34 bits per heavy atom. The minimum Gasteiger partial charge on any atom is -0.325 e. The van der Waals surface area contributed by atoms with E-state index in [1.807, 2.05) is 6.07 Å². The molecule has 0 atom stereocenters. The Hall–Kier alpha value is -2.67. The third-order valence-electron chi connectivity index (χ3n) is 5.88. The van der Waals surface area contributed by atoms with E-state index in [1.54, 1.807) is 53.4 Å². The van der Waals surface area contributed by atoms with E-state index in [1.165, 1.54) is 0 Å². The molecule has 1 aliphatic heterocycles. The van der Waals surface area contributed by atoms with Crippen LogP contribution in [0.3, 0.4) is 0 Å². The van der Waals surface area contributed by atoms with Crippen LogP contribution in [0.1, 0.15) is 38.5 Å². The SMILES string of the molecule is O=C1CCCN1c1cccc(NC(=O)C2(S(=O)(=O)c3ccccc3)CCCC2)c1. The van der Waals surface area contributed by atoms with Crippen molar-refractivity contribution in [3.05, 3.63) is 54.6 Å². The number of rotatable bonds is 5. The molecule has 1 heterocycles. The van der Waals surface area contributed by atoms with Gasteiger partial charge < -0.3 is 10.2 Å². The van der Waals surface area contributed by atoms with Crippen molar-refractivity contribution < 1.29 is 18.0 Å². The van der Waals surface area contributed by atoms with Gasteiger partial charge in [-0.3, -0.25) is 9.59 Å². The van der Waals surface area contributed by atoms with Crippen molar-refractivity contribution in [2.75, 3.05) is 16.8 Å². The first-order valence-corrected chi connectivity index (χ1v) is 11.4. The molecule has 4 rings (SSSR count). The smallest absolute Gasteiger partial charge is 0.246 e. The number of carbonyl (C=O) groups excluding carboxylic acids is 2. The Morgan fingerprint density at radius 1 is 0.966 bits per heavy atom. The molecule has 0 bridgehead atoms. The van der Waals surface area contributed by atoms with Gasteiger partial charge >= 0.3 is 0 Å². The van der Waals surface area contributed by atoms with E-state index in [9.17, 15) is 18.0 Å². The van der Waals surface area contributed by atoms with Crippen molar-refractivity contribution >= 4 is 33.0 Å². The molecule has 1 aliphatic carbocycles. The average molecular weight is 413 g/mol. The van der Waals surface area contributed by atoms with Crippen LogP contribution in [0.15, 0.2) is 59.5 Å². The van der Waals surface area contributed by atoms with Gasteiger partial charge in [-0.2, -0.15) is 0 Å². The molecule has 2 aromatic carbocycles. The van der Waals surface area contributed by atoms with Gasteiger partial charge in [-0.1, -0.05) is 37.1 Å². The maximum absolute atomic E-state index is 13.4. The minimum absolute atomic E-state index is 0.0624. The number of nitrogens with zero attached hydrogens (tertiary/aromatic N) is 1. The Labute approximate surface area is 170 Å². The van der Waals surface area contributed by atoms with Gasteiger partial charge in [0.2, 0.25) is 11.8 Å². The number of hydrogen-bond acceptors (Lipinski definition) is 4. The molecule has 1 N–H and O–H groups in total. The average Bonchev–Trinajstić information content (AvgIpc) is 3.39. The first kappa shape index (κ1) is 19.6. The Bertz CT molecular complexity index is 1030. The van der Waals surface area contributed by atoms with E-state index in [-0.39, 0.29) is 10.8 Å². The standard InChI is InChI=1S/C22H24N2O4S/c25-20-12-7-15-24(20)18-9-6-8-17(16-18)23-21(26)22(13-4-5-14-22)29(27,28)19-10-2-1-3-11-19/h1-3,6,8-11,16H,4-5,7,12-15H2,(H,23,26). The first-order chi connectivity index (χ1) is 13.9. The number of benzene rings is 2. The third kappa shape index (κ3) is 3.44.